The number of hydrogen-bond acceptors (Lipinski definition) is 5. The molecule has 20 heavy (non-hydrogen) atoms. The van der Waals surface area contributed by atoms with E-state index >= 15 is 0 Å². The second-order valence-electron chi connectivity index (χ2n) is 4.07. The maximum absolute atomic E-state index is 12.1. The molecule has 0 radical (unpaired) electrons. The van der Waals surface area contributed by atoms with E-state index in [1.165, 1.54) is 18.5 Å². The lowest BCUT2D eigenvalue weighted by atomic mass is 10.2. The summed E-state index contributed by atoms with van der Waals surface area (Å²) in [7, 11) is -1.87. The van der Waals surface area contributed by atoms with E-state index in [1.807, 2.05) is 0 Å². The molecule has 1 aromatic heterocycles. The summed E-state index contributed by atoms with van der Waals surface area (Å²) in [6.45, 7) is 0.0654. The molecule has 9 heteroatoms. The summed E-state index contributed by atoms with van der Waals surface area (Å²) in [5, 5.41) is 7.48. The van der Waals surface area contributed by atoms with Gasteiger partial charge in [0, 0.05) is 12.6 Å². The summed E-state index contributed by atoms with van der Waals surface area (Å²) in [4.78, 5) is 0.362. The van der Waals surface area contributed by atoms with Crippen LogP contribution in [0.1, 0.15) is 11.4 Å². The summed E-state index contributed by atoms with van der Waals surface area (Å²) >= 11 is 4.81. The van der Waals surface area contributed by atoms with Crippen LogP contribution in [0.15, 0.2) is 35.5 Å². The highest BCUT2D eigenvalue weighted by molar-refractivity contribution is 7.89. The van der Waals surface area contributed by atoms with Crippen LogP contribution in [0.25, 0.3) is 0 Å². The van der Waals surface area contributed by atoms with Gasteiger partial charge in [0.05, 0.1) is 11.4 Å². The predicted octanol–water partition coefficient (Wildman–Crippen LogP) is -0.0722. The Bertz CT molecular complexity index is 722. The van der Waals surface area contributed by atoms with Crippen molar-refractivity contribution in [3.8, 4) is 0 Å². The number of benzene rings is 1. The highest BCUT2D eigenvalue weighted by Crippen LogP contribution is 2.11. The zero-order valence-electron chi connectivity index (χ0n) is 10.6. The van der Waals surface area contributed by atoms with Gasteiger partial charge in [-0.15, -0.1) is 10.2 Å². The number of nitrogens with one attached hydrogen (secondary N) is 1. The fourth-order valence-electron chi connectivity index (χ4n) is 1.51. The molecule has 0 aliphatic rings. The molecular formula is C11H13N5O2S2. The Balaban J connectivity index is 2.14. The zero-order valence-corrected chi connectivity index (χ0v) is 12.3. The number of nitrogens with two attached hydrogens (primary N) is 1. The van der Waals surface area contributed by atoms with Gasteiger partial charge in [-0.2, -0.15) is 0 Å². The molecule has 0 unspecified atom stereocenters. The first-order valence-corrected chi connectivity index (χ1v) is 7.52. The first-order valence-electron chi connectivity index (χ1n) is 5.62. The molecule has 0 aliphatic carbocycles. The Morgan fingerprint density at radius 1 is 1.40 bits per heavy atom. The molecule has 2 rings (SSSR count). The lowest BCUT2D eigenvalue weighted by Crippen LogP contribution is -2.24. The summed E-state index contributed by atoms with van der Waals surface area (Å²) in [5.41, 5.74) is 6.08. The van der Waals surface area contributed by atoms with Gasteiger partial charge < -0.3 is 10.3 Å². The topological polar surface area (TPSA) is 103 Å². The van der Waals surface area contributed by atoms with Crippen molar-refractivity contribution < 1.29 is 8.42 Å². The third-order valence-electron chi connectivity index (χ3n) is 2.67. The van der Waals surface area contributed by atoms with Crippen LogP contribution in [0.5, 0.6) is 0 Å². The second-order valence-corrected chi connectivity index (χ2v) is 6.28. The van der Waals surface area contributed by atoms with Crippen LogP contribution in [-0.4, -0.2) is 28.2 Å². The summed E-state index contributed by atoms with van der Waals surface area (Å²) < 4.78 is 28.3. The minimum Gasteiger partial charge on any atom is -0.389 e. The fourth-order valence-corrected chi connectivity index (χ4v) is 2.62. The van der Waals surface area contributed by atoms with Gasteiger partial charge in [-0.3, -0.25) is 0 Å². The third-order valence-corrected chi connectivity index (χ3v) is 4.33. The molecule has 2 aromatic rings. The van der Waals surface area contributed by atoms with Crippen molar-refractivity contribution >= 4 is 27.2 Å². The number of rotatable bonds is 5. The Morgan fingerprint density at radius 2 is 2.05 bits per heavy atom. The summed E-state index contributed by atoms with van der Waals surface area (Å²) in [6.07, 6.45) is 1.50. The average molecular weight is 311 g/mol. The van der Waals surface area contributed by atoms with Crippen LogP contribution in [0, 0.1) is 0 Å². The second kappa shape index (κ2) is 5.65. The van der Waals surface area contributed by atoms with E-state index in [9.17, 15) is 8.42 Å². The van der Waals surface area contributed by atoms with Gasteiger partial charge in [-0.05, 0) is 12.1 Å². The van der Waals surface area contributed by atoms with Crippen molar-refractivity contribution in [1.82, 2.24) is 19.5 Å². The maximum Gasteiger partial charge on any atom is 0.240 e. The molecule has 7 nitrogen and oxygen atoms in total. The van der Waals surface area contributed by atoms with Crippen LogP contribution in [0.3, 0.4) is 0 Å². The minimum absolute atomic E-state index is 0.0654. The van der Waals surface area contributed by atoms with Crippen molar-refractivity contribution in [2.75, 3.05) is 0 Å². The molecule has 0 aliphatic heterocycles. The Morgan fingerprint density at radius 3 is 2.55 bits per heavy atom. The van der Waals surface area contributed by atoms with Crippen molar-refractivity contribution in [3.63, 3.8) is 0 Å². The Labute approximate surface area is 121 Å². The van der Waals surface area contributed by atoms with Gasteiger partial charge in [0.1, 0.15) is 17.1 Å². The van der Waals surface area contributed by atoms with Crippen LogP contribution in [0.2, 0.25) is 0 Å². The molecule has 1 aromatic carbocycles. The largest absolute Gasteiger partial charge is 0.389 e. The Kier molecular flexibility index (Phi) is 4.12. The smallest absolute Gasteiger partial charge is 0.240 e. The van der Waals surface area contributed by atoms with E-state index in [0.29, 0.717) is 11.4 Å². The highest BCUT2D eigenvalue weighted by atomic mass is 32.2. The first-order chi connectivity index (χ1) is 9.40. The number of hydrogen-bond donors (Lipinski definition) is 2. The minimum atomic E-state index is -3.61. The lowest BCUT2D eigenvalue weighted by molar-refractivity contribution is 0.577. The molecule has 0 atom stereocenters. The van der Waals surface area contributed by atoms with E-state index < -0.39 is 10.0 Å². The third kappa shape index (κ3) is 3.18. The molecule has 0 spiro atoms. The van der Waals surface area contributed by atoms with Gasteiger partial charge in [0.2, 0.25) is 10.0 Å². The summed E-state index contributed by atoms with van der Waals surface area (Å²) in [5.74, 6) is 0.522. The van der Waals surface area contributed by atoms with Crippen molar-refractivity contribution in [2.24, 2.45) is 12.8 Å². The van der Waals surface area contributed by atoms with Gasteiger partial charge in [0.15, 0.2) is 0 Å². The van der Waals surface area contributed by atoms with Gasteiger partial charge >= 0.3 is 0 Å². The van der Waals surface area contributed by atoms with Gasteiger partial charge in [-0.25, -0.2) is 13.1 Å². The quantitative estimate of drug-likeness (QED) is 0.749. The number of aryl methyl sites for hydroxylation is 1. The number of thiocarbonyl (C=S) groups is 1. The van der Waals surface area contributed by atoms with Crippen LogP contribution in [-0.2, 0) is 23.6 Å². The predicted molar refractivity (Wildman–Crippen MR) is 77.4 cm³/mol. The van der Waals surface area contributed by atoms with Crippen molar-refractivity contribution in [2.45, 2.75) is 11.4 Å². The zero-order chi connectivity index (χ0) is 14.8. The molecule has 1 heterocycles. The van der Waals surface area contributed by atoms with Gasteiger partial charge in [0.25, 0.3) is 0 Å². The fraction of sp³-hybridized carbons (Fsp3) is 0.182. The highest BCUT2D eigenvalue weighted by Gasteiger charge is 2.15. The van der Waals surface area contributed by atoms with E-state index in [0.717, 1.165) is 0 Å². The molecule has 0 saturated heterocycles. The van der Waals surface area contributed by atoms with E-state index in [2.05, 4.69) is 14.9 Å². The molecule has 0 amide bonds. The lowest BCUT2D eigenvalue weighted by Gasteiger charge is -2.07. The van der Waals surface area contributed by atoms with Crippen LogP contribution in [0.4, 0.5) is 0 Å². The monoisotopic (exact) mass is 311 g/mol. The van der Waals surface area contributed by atoms with E-state index in [1.54, 1.807) is 23.7 Å². The van der Waals surface area contributed by atoms with Crippen molar-refractivity contribution in [1.29, 1.82) is 0 Å². The standard InChI is InChI=1S/C11H13N5O2S2/c1-16-7-13-15-10(16)6-14-20(17,18)9-4-2-8(3-5-9)11(12)19/h2-5,7,14H,6H2,1H3,(H2,12,19). The SMILES string of the molecule is Cn1cnnc1CNS(=O)(=O)c1ccc(C(N)=S)cc1. The van der Waals surface area contributed by atoms with Crippen LogP contribution >= 0.6 is 12.2 Å². The molecule has 0 saturated carbocycles. The molecule has 106 valence electrons. The summed E-state index contributed by atoms with van der Waals surface area (Å²) in [6, 6.07) is 6.04. The average Bonchev–Trinajstić information content (AvgIpc) is 2.82. The number of nitrogens with zero attached hydrogens (tertiary/aromatic N) is 3. The molecule has 0 fully saturated rings. The molecule has 0 bridgehead atoms. The van der Waals surface area contributed by atoms with Gasteiger partial charge in [-0.1, -0.05) is 24.4 Å². The normalized spacial score (nSPS) is 11.4. The van der Waals surface area contributed by atoms with Crippen molar-refractivity contribution in [3.05, 3.63) is 42.0 Å². The maximum atomic E-state index is 12.1. The Hall–Kier alpha value is -1.84. The van der Waals surface area contributed by atoms with E-state index in [4.69, 9.17) is 18.0 Å². The molecule has 3 N–H and O–H groups in total. The molecular weight excluding hydrogens is 298 g/mol. The number of sulfonamides is 1. The van der Waals surface area contributed by atoms with Crippen LogP contribution < -0.4 is 10.5 Å². The van der Waals surface area contributed by atoms with E-state index in [-0.39, 0.29) is 16.4 Å². The first kappa shape index (κ1) is 14.6. The number of aromatic nitrogens is 3.